The summed E-state index contributed by atoms with van der Waals surface area (Å²) in [6.07, 6.45) is 5.39. The van der Waals surface area contributed by atoms with Gasteiger partial charge in [0.15, 0.2) is 24.7 Å². The molecule has 108 valence electrons. The van der Waals surface area contributed by atoms with E-state index < -0.39 is 0 Å². The van der Waals surface area contributed by atoms with Crippen molar-refractivity contribution < 1.29 is 26.3 Å². The topological polar surface area (TPSA) is 72.8 Å². The molecule has 0 aliphatic rings. The minimum Gasteiger partial charge on any atom is -1.00 e. The van der Waals surface area contributed by atoms with Gasteiger partial charge in [0.1, 0.15) is 11.6 Å². The second kappa shape index (κ2) is 8.06. The molecular weight excluding hydrogens is 388 g/mol. The van der Waals surface area contributed by atoms with Crippen LogP contribution in [0, 0.1) is 6.92 Å². The first-order chi connectivity index (χ1) is 8.56. The minimum absolute atomic E-state index is 0. The molecule has 2 aromatic heterocycles. The molecule has 2 N–H and O–H groups in total. The number of anilines is 1. The molecule has 0 saturated carbocycles. The lowest BCUT2D eigenvalue weighted by Gasteiger charge is -2.02. The van der Waals surface area contributed by atoms with E-state index in [1.54, 1.807) is 32.3 Å². The van der Waals surface area contributed by atoms with E-state index in [2.05, 4.69) is 9.97 Å². The first-order valence-electron chi connectivity index (χ1n) is 5.64. The fraction of sp³-hybridized carbons (Fsp3) is 0.231. The van der Waals surface area contributed by atoms with E-state index >= 15 is 0 Å². The summed E-state index contributed by atoms with van der Waals surface area (Å²) in [7, 11) is 0. The third kappa shape index (κ3) is 4.64. The van der Waals surface area contributed by atoms with Gasteiger partial charge in [-0.1, -0.05) is 0 Å². The van der Waals surface area contributed by atoms with Gasteiger partial charge in [-0.05, 0) is 19.9 Å². The van der Waals surface area contributed by atoms with Crippen molar-refractivity contribution in [2.45, 2.75) is 20.4 Å². The zero-order valence-electron chi connectivity index (χ0n) is 11.2. The predicted molar refractivity (Wildman–Crippen MR) is 77.2 cm³/mol. The van der Waals surface area contributed by atoms with Gasteiger partial charge in [-0.2, -0.15) is 4.57 Å². The van der Waals surface area contributed by atoms with Crippen LogP contribution in [0.3, 0.4) is 0 Å². The average molecular weight is 404 g/mol. The number of pyridine rings is 1. The standard InChI is InChI=1S/C13H15N4O.2BrH/c1-9(18)11-4-3-5-17(7-11)8-12-6-15-10(2)16-13(12)14;;/h3-7H,8H2,1-2H3,(H2,14,15,16);2*1H/q+1;;/p-1. The van der Waals surface area contributed by atoms with Crippen LogP contribution in [0.25, 0.3) is 0 Å². The fourth-order valence-electron chi connectivity index (χ4n) is 1.66. The highest BCUT2D eigenvalue weighted by Crippen LogP contribution is 2.06. The lowest BCUT2D eigenvalue weighted by molar-refractivity contribution is -0.688. The molecule has 0 unspecified atom stereocenters. The van der Waals surface area contributed by atoms with Crippen molar-refractivity contribution >= 4 is 28.6 Å². The molecule has 0 aromatic carbocycles. The van der Waals surface area contributed by atoms with E-state index in [9.17, 15) is 4.79 Å². The molecule has 0 aliphatic heterocycles. The SMILES string of the molecule is Br.CC(=O)c1ccc[n+](Cc2cnc(C)nc2N)c1.[Br-]. The van der Waals surface area contributed by atoms with Crippen LogP contribution in [0.4, 0.5) is 5.82 Å². The average Bonchev–Trinajstić information content (AvgIpc) is 2.33. The largest absolute Gasteiger partial charge is 1.00 e. The number of nitrogen functional groups attached to an aromatic ring is 1. The van der Waals surface area contributed by atoms with E-state index in [0.717, 1.165) is 5.56 Å². The van der Waals surface area contributed by atoms with Crippen molar-refractivity contribution in [2.75, 3.05) is 5.73 Å². The predicted octanol–water partition coefficient (Wildman–Crippen LogP) is -1.51. The van der Waals surface area contributed by atoms with E-state index in [0.29, 0.717) is 23.8 Å². The minimum atomic E-state index is 0. The summed E-state index contributed by atoms with van der Waals surface area (Å²) >= 11 is 0. The number of carbonyl (C=O) groups excluding carboxylic acids is 1. The molecule has 20 heavy (non-hydrogen) atoms. The van der Waals surface area contributed by atoms with Crippen LogP contribution >= 0.6 is 17.0 Å². The first-order valence-corrected chi connectivity index (χ1v) is 5.64. The van der Waals surface area contributed by atoms with E-state index in [1.807, 2.05) is 16.8 Å². The zero-order chi connectivity index (χ0) is 13.1. The van der Waals surface area contributed by atoms with Crippen LogP contribution in [0.2, 0.25) is 0 Å². The number of carbonyl (C=O) groups is 1. The molecule has 0 amide bonds. The van der Waals surface area contributed by atoms with Gasteiger partial charge in [-0.25, -0.2) is 9.97 Å². The Hall–Kier alpha value is -1.34. The summed E-state index contributed by atoms with van der Waals surface area (Å²) in [5.74, 6) is 1.17. The molecule has 0 aliphatic carbocycles. The van der Waals surface area contributed by atoms with Crippen molar-refractivity contribution in [3.8, 4) is 0 Å². The molecule has 0 radical (unpaired) electrons. The maximum atomic E-state index is 11.3. The van der Waals surface area contributed by atoms with Crippen LogP contribution in [0.5, 0.6) is 0 Å². The normalized spacial score (nSPS) is 9.30. The number of hydrogen-bond donors (Lipinski definition) is 1. The molecule has 7 heteroatoms. The lowest BCUT2D eigenvalue weighted by Crippen LogP contribution is -3.00. The number of aryl methyl sites for hydroxylation is 1. The van der Waals surface area contributed by atoms with Gasteiger partial charge < -0.3 is 22.7 Å². The van der Waals surface area contributed by atoms with Gasteiger partial charge in [0.25, 0.3) is 0 Å². The van der Waals surface area contributed by atoms with Gasteiger partial charge >= 0.3 is 0 Å². The maximum Gasteiger partial charge on any atom is 0.179 e. The van der Waals surface area contributed by atoms with E-state index in [4.69, 9.17) is 5.73 Å². The summed E-state index contributed by atoms with van der Waals surface area (Å²) < 4.78 is 1.89. The molecule has 2 heterocycles. The van der Waals surface area contributed by atoms with Gasteiger partial charge in [0.2, 0.25) is 0 Å². The van der Waals surface area contributed by atoms with Crippen LogP contribution in [-0.4, -0.2) is 15.8 Å². The molecule has 0 saturated heterocycles. The molecule has 5 nitrogen and oxygen atoms in total. The Morgan fingerprint density at radius 3 is 2.75 bits per heavy atom. The number of nitrogens with two attached hydrogens (primary N) is 1. The smallest absolute Gasteiger partial charge is 0.179 e. The molecule has 0 atom stereocenters. The number of halogens is 2. The van der Waals surface area contributed by atoms with Crippen molar-refractivity contribution in [1.82, 2.24) is 9.97 Å². The molecule has 0 spiro atoms. The number of nitrogens with zero attached hydrogens (tertiary/aromatic N) is 3. The highest BCUT2D eigenvalue weighted by atomic mass is 79.9. The first kappa shape index (κ1) is 18.7. The maximum absolute atomic E-state index is 11.3. The van der Waals surface area contributed by atoms with Crippen LogP contribution < -0.4 is 27.3 Å². The van der Waals surface area contributed by atoms with E-state index in [1.165, 1.54) is 0 Å². The number of ketones is 1. The molecule has 0 fully saturated rings. The Bertz CT molecular complexity index is 605. The van der Waals surface area contributed by atoms with Gasteiger partial charge in [0, 0.05) is 12.3 Å². The number of rotatable bonds is 3. The zero-order valence-corrected chi connectivity index (χ0v) is 14.5. The summed E-state index contributed by atoms with van der Waals surface area (Å²) in [4.78, 5) is 19.5. The highest BCUT2D eigenvalue weighted by molar-refractivity contribution is 8.93. The fourth-order valence-corrected chi connectivity index (χ4v) is 1.66. The second-order valence-corrected chi connectivity index (χ2v) is 4.15. The second-order valence-electron chi connectivity index (χ2n) is 4.15. The van der Waals surface area contributed by atoms with Crippen molar-refractivity contribution in [3.05, 3.63) is 47.7 Å². The molecule has 2 rings (SSSR count). The van der Waals surface area contributed by atoms with Gasteiger partial charge in [-0.3, -0.25) is 4.79 Å². The quantitative estimate of drug-likeness (QED) is 0.499. The Labute approximate surface area is 138 Å². The molecular formula is C13H16Br2N4O. The Morgan fingerprint density at radius 2 is 2.15 bits per heavy atom. The van der Waals surface area contributed by atoms with Crippen LogP contribution in [0.1, 0.15) is 28.7 Å². The number of aromatic nitrogens is 3. The molecule has 2 aromatic rings. The third-order valence-corrected chi connectivity index (χ3v) is 2.64. The van der Waals surface area contributed by atoms with Crippen molar-refractivity contribution in [3.63, 3.8) is 0 Å². The summed E-state index contributed by atoms with van der Waals surface area (Å²) in [6, 6.07) is 3.62. The monoisotopic (exact) mass is 402 g/mol. The molecule has 0 bridgehead atoms. The van der Waals surface area contributed by atoms with Gasteiger partial charge in [-0.15, -0.1) is 17.0 Å². The third-order valence-electron chi connectivity index (χ3n) is 2.64. The Morgan fingerprint density at radius 1 is 1.45 bits per heavy atom. The van der Waals surface area contributed by atoms with Crippen molar-refractivity contribution in [2.24, 2.45) is 0 Å². The Balaban J connectivity index is 0.00000180. The lowest BCUT2D eigenvalue weighted by atomic mass is 10.2. The van der Waals surface area contributed by atoms with E-state index in [-0.39, 0.29) is 39.7 Å². The van der Waals surface area contributed by atoms with Gasteiger partial charge in [0.05, 0.1) is 11.1 Å². The van der Waals surface area contributed by atoms with Crippen LogP contribution in [0.15, 0.2) is 30.7 Å². The summed E-state index contributed by atoms with van der Waals surface area (Å²) in [5.41, 5.74) is 7.35. The number of hydrogen-bond acceptors (Lipinski definition) is 4. The number of Topliss-reactive ketones (excluding diaryl/α,β-unsaturated/α-hetero) is 1. The summed E-state index contributed by atoms with van der Waals surface area (Å²) in [5, 5.41) is 0. The Kier molecular flexibility index (Phi) is 7.52. The summed E-state index contributed by atoms with van der Waals surface area (Å²) in [6.45, 7) is 3.89. The highest BCUT2D eigenvalue weighted by Gasteiger charge is 2.10. The van der Waals surface area contributed by atoms with Crippen LogP contribution in [-0.2, 0) is 6.54 Å². The van der Waals surface area contributed by atoms with Crippen molar-refractivity contribution in [1.29, 1.82) is 0 Å².